The minimum Gasteiger partial charge on any atom is -0.493 e. The number of carbonyl (C=O) groups excluding carboxylic acids is 4. The van der Waals surface area contributed by atoms with Crippen molar-refractivity contribution in [3.8, 4) is 11.5 Å². The van der Waals surface area contributed by atoms with Gasteiger partial charge >= 0.3 is 0 Å². The molecule has 5 rings (SSSR count). The average molecular weight is 672 g/mol. The lowest BCUT2D eigenvalue weighted by atomic mass is 9.79. The fourth-order valence-corrected chi connectivity index (χ4v) is 6.30. The van der Waals surface area contributed by atoms with E-state index in [0.29, 0.717) is 42.4 Å². The van der Waals surface area contributed by atoms with E-state index in [0.717, 1.165) is 5.56 Å². The van der Waals surface area contributed by atoms with Crippen LogP contribution in [0.1, 0.15) is 59.2 Å². The van der Waals surface area contributed by atoms with Crippen LogP contribution in [0.2, 0.25) is 0 Å². The molecule has 0 saturated carbocycles. The molecule has 3 heterocycles. The second-order valence-electron chi connectivity index (χ2n) is 12.8. The third-order valence-electron chi connectivity index (χ3n) is 8.78. The lowest BCUT2D eigenvalue weighted by molar-refractivity contribution is -0.131. The third kappa shape index (κ3) is 9.81. The van der Waals surface area contributed by atoms with E-state index >= 15 is 0 Å². The fourth-order valence-electron chi connectivity index (χ4n) is 6.30. The standard InChI is InChI=1S/C29H37N5O6.C9H12/c1-17(2)40-24-9-7-19(10-25(24)39-5)28(37)33-13-20-14-34(29(38)23-8-6-18(3)11-31-23)16-22(21(20)15-33)27(36)32-12-26(35)30-4;1-2-6-9-7-4-3-5-8-9/h6-11,17,20-22H,12-16H2,1-5H3,(H,30,35)(H,32,36);3-5,7-8H,2,6H2,1H3. The van der Waals surface area contributed by atoms with Gasteiger partial charge in [-0.05, 0) is 74.4 Å². The molecule has 3 unspecified atom stereocenters. The summed E-state index contributed by atoms with van der Waals surface area (Å²) in [5, 5.41) is 5.18. The predicted octanol–water partition coefficient (Wildman–Crippen LogP) is 4.15. The van der Waals surface area contributed by atoms with Crippen molar-refractivity contribution in [2.75, 3.05) is 46.9 Å². The molecule has 2 aliphatic rings. The van der Waals surface area contributed by atoms with Gasteiger partial charge in [0, 0.05) is 45.0 Å². The number of aryl methyl sites for hydroxylation is 2. The number of ether oxygens (including phenoxy) is 2. The highest BCUT2D eigenvalue weighted by Crippen LogP contribution is 2.37. The van der Waals surface area contributed by atoms with Gasteiger partial charge in [-0.2, -0.15) is 0 Å². The Morgan fingerprint density at radius 1 is 0.918 bits per heavy atom. The van der Waals surface area contributed by atoms with Gasteiger partial charge in [0.15, 0.2) is 11.5 Å². The van der Waals surface area contributed by atoms with Gasteiger partial charge in [-0.3, -0.25) is 24.2 Å². The number of likely N-dealkylation sites (N-methyl/N-ethyl adjacent to an activating group) is 1. The van der Waals surface area contributed by atoms with Crippen molar-refractivity contribution >= 4 is 23.6 Å². The number of aromatic nitrogens is 1. The van der Waals surface area contributed by atoms with Crippen molar-refractivity contribution in [2.45, 2.75) is 46.6 Å². The molecular formula is C38H49N5O6. The molecule has 49 heavy (non-hydrogen) atoms. The van der Waals surface area contributed by atoms with Gasteiger partial charge in [0.1, 0.15) is 5.69 Å². The van der Waals surface area contributed by atoms with Crippen LogP contribution in [0, 0.1) is 24.7 Å². The molecule has 2 fully saturated rings. The molecule has 262 valence electrons. The monoisotopic (exact) mass is 671 g/mol. The third-order valence-corrected chi connectivity index (χ3v) is 8.78. The average Bonchev–Trinajstić information content (AvgIpc) is 3.55. The van der Waals surface area contributed by atoms with E-state index in [1.807, 2.05) is 26.8 Å². The first kappa shape index (κ1) is 36.9. The molecule has 0 aliphatic carbocycles. The Labute approximate surface area is 289 Å². The molecule has 2 aromatic carbocycles. The molecule has 2 aliphatic heterocycles. The van der Waals surface area contributed by atoms with Crippen molar-refractivity contribution < 1.29 is 28.7 Å². The number of piperidine rings is 1. The van der Waals surface area contributed by atoms with Gasteiger partial charge in [-0.25, -0.2) is 0 Å². The molecule has 0 spiro atoms. The number of likely N-dealkylation sites (tertiary alicyclic amines) is 2. The number of benzene rings is 2. The van der Waals surface area contributed by atoms with Crippen LogP contribution in [0.15, 0.2) is 66.9 Å². The molecule has 2 N–H and O–H groups in total. The van der Waals surface area contributed by atoms with Crippen molar-refractivity contribution in [1.29, 1.82) is 0 Å². The second-order valence-corrected chi connectivity index (χ2v) is 12.8. The highest BCUT2D eigenvalue weighted by atomic mass is 16.5. The molecule has 2 saturated heterocycles. The zero-order valence-electron chi connectivity index (χ0n) is 29.4. The van der Waals surface area contributed by atoms with Crippen molar-refractivity contribution in [3.63, 3.8) is 0 Å². The highest BCUT2D eigenvalue weighted by molar-refractivity contribution is 5.96. The first-order valence-electron chi connectivity index (χ1n) is 16.9. The summed E-state index contributed by atoms with van der Waals surface area (Å²) in [6.07, 6.45) is 4.03. The zero-order chi connectivity index (χ0) is 35.5. The van der Waals surface area contributed by atoms with Crippen LogP contribution < -0.4 is 20.1 Å². The number of carbonyl (C=O) groups is 4. The SMILES string of the molecule is CCCc1ccccc1.CNC(=O)CNC(=O)C1CN(C(=O)c2ccc(C)cn2)CC2CN(C(=O)c3ccc(OC(C)C)c(OC)c3)CC21. The number of pyridine rings is 1. The molecule has 11 nitrogen and oxygen atoms in total. The molecular weight excluding hydrogens is 622 g/mol. The number of fused-ring (bicyclic) bond motifs is 1. The maximum atomic E-state index is 13.6. The number of hydrogen-bond donors (Lipinski definition) is 2. The van der Waals surface area contributed by atoms with Crippen LogP contribution in [0.4, 0.5) is 0 Å². The van der Waals surface area contributed by atoms with Crippen LogP contribution in [-0.2, 0) is 16.0 Å². The molecule has 11 heteroatoms. The van der Waals surface area contributed by atoms with E-state index in [9.17, 15) is 19.2 Å². The minimum absolute atomic E-state index is 0.0515. The molecule has 4 amide bonds. The van der Waals surface area contributed by atoms with Crippen molar-refractivity contribution in [2.24, 2.45) is 17.8 Å². The van der Waals surface area contributed by atoms with Crippen molar-refractivity contribution in [1.82, 2.24) is 25.4 Å². The van der Waals surface area contributed by atoms with Crippen LogP contribution in [0.25, 0.3) is 0 Å². The Bertz CT molecular complexity index is 1580. The minimum atomic E-state index is -0.591. The van der Waals surface area contributed by atoms with Crippen LogP contribution >= 0.6 is 0 Å². The predicted molar refractivity (Wildman–Crippen MR) is 188 cm³/mol. The Morgan fingerprint density at radius 3 is 2.24 bits per heavy atom. The summed E-state index contributed by atoms with van der Waals surface area (Å²) in [4.78, 5) is 59.6. The van der Waals surface area contributed by atoms with E-state index in [2.05, 4.69) is 52.9 Å². The van der Waals surface area contributed by atoms with Gasteiger partial charge in [0.25, 0.3) is 11.8 Å². The van der Waals surface area contributed by atoms with Crippen molar-refractivity contribution in [3.05, 3.63) is 89.2 Å². The van der Waals surface area contributed by atoms with Crippen LogP contribution in [0.3, 0.4) is 0 Å². The quantitative estimate of drug-likeness (QED) is 0.331. The summed E-state index contributed by atoms with van der Waals surface area (Å²) < 4.78 is 11.2. The lowest BCUT2D eigenvalue weighted by Gasteiger charge is -2.39. The summed E-state index contributed by atoms with van der Waals surface area (Å²) in [7, 11) is 3.02. The Kier molecular flexibility index (Phi) is 13.1. The molecule has 0 bridgehead atoms. The Balaban J connectivity index is 0.000000520. The maximum absolute atomic E-state index is 13.6. The Morgan fingerprint density at radius 2 is 1.63 bits per heavy atom. The van der Waals surface area contributed by atoms with E-state index in [-0.39, 0.29) is 54.7 Å². The smallest absolute Gasteiger partial charge is 0.272 e. The fraction of sp³-hybridized carbons (Fsp3) is 0.447. The van der Waals surface area contributed by atoms with Gasteiger partial charge in [-0.15, -0.1) is 0 Å². The molecule has 3 aromatic rings. The number of hydrogen-bond acceptors (Lipinski definition) is 7. The Hall–Kier alpha value is -4.93. The summed E-state index contributed by atoms with van der Waals surface area (Å²) in [6.45, 7) is 9.07. The van der Waals surface area contributed by atoms with E-state index < -0.39 is 5.92 Å². The van der Waals surface area contributed by atoms with E-state index in [1.54, 1.807) is 40.3 Å². The van der Waals surface area contributed by atoms with Gasteiger partial charge in [-0.1, -0.05) is 49.7 Å². The second kappa shape index (κ2) is 17.5. The van der Waals surface area contributed by atoms with E-state index in [4.69, 9.17) is 9.47 Å². The summed E-state index contributed by atoms with van der Waals surface area (Å²) in [6, 6.07) is 19.2. The number of amides is 4. The normalized spacial score (nSPS) is 18.1. The number of nitrogens with zero attached hydrogens (tertiary/aromatic N) is 3. The molecule has 3 atom stereocenters. The van der Waals surface area contributed by atoms with Crippen LogP contribution in [-0.4, -0.2) is 91.4 Å². The van der Waals surface area contributed by atoms with Gasteiger partial charge in [0.2, 0.25) is 11.8 Å². The number of nitrogens with one attached hydrogen (secondary N) is 2. The molecule has 1 aromatic heterocycles. The topological polar surface area (TPSA) is 130 Å². The summed E-state index contributed by atoms with van der Waals surface area (Å²) in [5.74, 6) is -0.960. The van der Waals surface area contributed by atoms with E-state index in [1.165, 1.54) is 32.6 Å². The largest absolute Gasteiger partial charge is 0.493 e. The summed E-state index contributed by atoms with van der Waals surface area (Å²) in [5.41, 5.74) is 3.13. The zero-order valence-corrected chi connectivity index (χ0v) is 29.4. The summed E-state index contributed by atoms with van der Waals surface area (Å²) >= 11 is 0. The molecule has 0 radical (unpaired) electrons. The van der Waals surface area contributed by atoms with Gasteiger partial charge in [0.05, 0.1) is 25.7 Å². The van der Waals surface area contributed by atoms with Gasteiger partial charge < -0.3 is 29.9 Å². The first-order chi connectivity index (χ1) is 23.5. The highest BCUT2D eigenvalue weighted by Gasteiger charge is 2.48. The lowest BCUT2D eigenvalue weighted by Crippen LogP contribution is -2.54. The van der Waals surface area contributed by atoms with Crippen LogP contribution in [0.5, 0.6) is 11.5 Å². The first-order valence-corrected chi connectivity index (χ1v) is 16.9. The maximum Gasteiger partial charge on any atom is 0.272 e. The number of rotatable bonds is 10. The number of methoxy groups -OCH3 is 1.